The number of aliphatic hydroxyl groups excluding tert-OH is 1. The number of hydrogen-bond donors (Lipinski definition) is 1. The first-order valence-corrected chi connectivity index (χ1v) is 8.53. The highest BCUT2D eigenvalue weighted by Crippen LogP contribution is 2.43. The van der Waals surface area contributed by atoms with Crippen molar-refractivity contribution in [2.45, 2.75) is 30.8 Å². The lowest BCUT2D eigenvalue weighted by molar-refractivity contribution is 0.0525. The highest BCUT2D eigenvalue weighted by Gasteiger charge is 2.41. The molecule has 1 aliphatic heterocycles. The number of aliphatic hydroxyl groups is 1. The van der Waals surface area contributed by atoms with Crippen LogP contribution in [0.25, 0.3) is 0 Å². The molecule has 2 aromatic carbocycles. The first-order chi connectivity index (χ1) is 10.0. The summed E-state index contributed by atoms with van der Waals surface area (Å²) < 4.78 is 12.6. The Morgan fingerprint density at radius 2 is 1.67 bits per heavy atom. The zero-order valence-corrected chi connectivity index (χ0v) is 13.1. The van der Waals surface area contributed by atoms with Crippen molar-refractivity contribution in [1.29, 1.82) is 0 Å². The molecular weight excluding hydrogens is 280 g/mol. The molecule has 0 radical (unpaired) electrons. The molecule has 3 atom stereocenters. The van der Waals surface area contributed by atoms with Crippen molar-refractivity contribution in [2.75, 3.05) is 5.75 Å². The summed E-state index contributed by atoms with van der Waals surface area (Å²) in [4.78, 5) is 0.857. The Balaban J connectivity index is 2.23. The second-order valence-electron chi connectivity index (χ2n) is 6.35. The molecule has 0 aliphatic carbocycles. The Labute approximate surface area is 128 Å². The first-order valence-electron chi connectivity index (χ1n) is 7.21. The van der Waals surface area contributed by atoms with Crippen LogP contribution in [0.1, 0.15) is 30.9 Å². The van der Waals surface area contributed by atoms with Gasteiger partial charge in [-0.3, -0.25) is 4.21 Å². The summed E-state index contributed by atoms with van der Waals surface area (Å²) in [5, 5.41) is 11.0. The van der Waals surface area contributed by atoms with E-state index < -0.39 is 22.3 Å². The number of hydrogen-bond acceptors (Lipinski definition) is 2. The fraction of sp³-hybridized carbons (Fsp3) is 0.333. The van der Waals surface area contributed by atoms with Crippen LogP contribution in [0, 0.1) is 5.41 Å². The largest absolute Gasteiger partial charge is 0.392 e. The summed E-state index contributed by atoms with van der Waals surface area (Å²) >= 11 is 0. The van der Waals surface area contributed by atoms with Crippen molar-refractivity contribution in [2.24, 2.45) is 5.41 Å². The van der Waals surface area contributed by atoms with Gasteiger partial charge in [-0.05, 0) is 17.2 Å². The molecule has 0 saturated heterocycles. The lowest BCUT2D eigenvalue weighted by Crippen LogP contribution is -2.37. The van der Waals surface area contributed by atoms with Crippen LogP contribution >= 0.6 is 0 Å². The smallest absolute Gasteiger partial charge is 0.0709 e. The second-order valence-corrected chi connectivity index (χ2v) is 7.77. The van der Waals surface area contributed by atoms with E-state index in [-0.39, 0.29) is 5.92 Å². The maximum absolute atomic E-state index is 12.6. The maximum atomic E-state index is 12.6. The molecule has 2 nitrogen and oxygen atoms in total. The van der Waals surface area contributed by atoms with Gasteiger partial charge in [-0.2, -0.15) is 0 Å². The van der Waals surface area contributed by atoms with Gasteiger partial charge >= 0.3 is 0 Å². The number of fused-ring (bicyclic) bond motifs is 1. The summed E-state index contributed by atoms with van der Waals surface area (Å²) in [6.45, 7) is 3.99. The van der Waals surface area contributed by atoms with Gasteiger partial charge in [0.1, 0.15) is 0 Å². The van der Waals surface area contributed by atoms with Crippen LogP contribution in [-0.2, 0) is 10.8 Å². The Kier molecular flexibility index (Phi) is 3.72. The van der Waals surface area contributed by atoms with Gasteiger partial charge in [0, 0.05) is 22.0 Å². The maximum Gasteiger partial charge on any atom is 0.0709 e. The molecule has 2 aromatic rings. The molecule has 1 aliphatic rings. The molecule has 21 heavy (non-hydrogen) atoms. The first kappa shape index (κ1) is 14.5. The number of rotatable bonds is 1. The fourth-order valence-corrected chi connectivity index (χ4v) is 4.78. The number of benzene rings is 2. The second kappa shape index (κ2) is 5.39. The topological polar surface area (TPSA) is 37.3 Å². The Hall–Kier alpha value is -1.45. The summed E-state index contributed by atoms with van der Waals surface area (Å²) in [5.41, 5.74) is 1.66. The zero-order chi connectivity index (χ0) is 15.0. The quantitative estimate of drug-likeness (QED) is 0.877. The van der Waals surface area contributed by atoms with E-state index in [1.54, 1.807) is 0 Å². The molecule has 0 saturated carbocycles. The van der Waals surface area contributed by atoms with Gasteiger partial charge in [0.25, 0.3) is 0 Å². The van der Waals surface area contributed by atoms with Crippen LogP contribution in [0.3, 0.4) is 0 Å². The Bertz CT molecular complexity index is 664. The molecule has 3 heteroatoms. The van der Waals surface area contributed by atoms with E-state index in [1.807, 2.05) is 68.4 Å². The molecule has 0 bridgehead atoms. The van der Waals surface area contributed by atoms with E-state index in [0.29, 0.717) is 5.75 Å². The van der Waals surface area contributed by atoms with E-state index in [0.717, 1.165) is 16.0 Å². The highest BCUT2D eigenvalue weighted by molar-refractivity contribution is 7.85. The van der Waals surface area contributed by atoms with Gasteiger partial charge in [-0.1, -0.05) is 62.4 Å². The standard InChI is InChI=1S/C18H20O2S/c1-18(2)12-21(20)15-11-7-6-10-14(15)16(17(18)19)13-8-4-3-5-9-13/h3-11,16-17,19H,12H2,1-2H3. The van der Waals surface area contributed by atoms with Crippen molar-refractivity contribution < 1.29 is 9.32 Å². The third-order valence-corrected chi connectivity index (χ3v) is 6.15. The summed E-state index contributed by atoms with van der Waals surface area (Å²) in [7, 11) is -1.08. The molecule has 3 rings (SSSR count). The molecule has 1 N–H and O–H groups in total. The van der Waals surface area contributed by atoms with Crippen LogP contribution in [0.4, 0.5) is 0 Å². The third kappa shape index (κ3) is 2.56. The van der Waals surface area contributed by atoms with Gasteiger partial charge in [0.2, 0.25) is 0 Å². The van der Waals surface area contributed by atoms with Crippen LogP contribution in [0.15, 0.2) is 59.5 Å². The molecule has 0 fully saturated rings. The van der Waals surface area contributed by atoms with Gasteiger partial charge in [0.05, 0.1) is 16.9 Å². The fourth-order valence-electron chi connectivity index (χ4n) is 3.09. The van der Waals surface area contributed by atoms with E-state index in [4.69, 9.17) is 0 Å². The summed E-state index contributed by atoms with van der Waals surface area (Å²) in [5.74, 6) is 0.345. The van der Waals surface area contributed by atoms with Gasteiger partial charge in [-0.25, -0.2) is 0 Å². The molecule has 1 heterocycles. The van der Waals surface area contributed by atoms with Crippen molar-refractivity contribution in [3.8, 4) is 0 Å². The van der Waals surface area contributed by atoms with E-state index in [9.17, 15) is 9.32 Å². The summed E-state index contributed by atoms with van der Waals surface area (Å²) in [6.07, 6.45) is -0.563. The van der Waals surface area contributed by atoms with Crippen LogP contribution in [0.5, 0.6) is 0 Å². The van der Waals surface area contributed by atoms with Crippen molar-refractivity contribution in [1.82, 2.24) is 0 Å². The van der Waals surface area contributed by atoms with Crippen molar-refractivity contribution in [3.63, 3.8) is 0 Å². The average molecular weight is 300 g/mol. The van der Waals surface area contributed by atoms with Gasteiger partial charge < -0.3 is 5.11 Å². The third-order valence-electron chi connectivity index (χ3n) is 4.28. The van der Waals surface area contributed by atoms with Crippen LogP contribution in [0.2, 0.25) is 0 Å². The van der Waals surface area contributed by atoms with Gasteiger partial charge in [0.15, 0.2) is 0 Å². The Morgan fingerprint density at radius 1 is 1.05 bits per heavy atom. The minimum Gasteiger partial charge on any atom is -0.392 e. The molecule has 0 spiro atoms. The van der Waals surface area contributed by atoms with Crippen LogP contribution in [-0.4, -0.2) is 21.2 Å². The lowest BCUT2D eigenvalue weighted by Gasteiger charge is -2.33. The molecule has 110 valence electrons. The minimum atomic E-state index is -1.08. The van der Waals surface area contributed by atoms with E-state index in [2.05, 4.69) is 0 Å². The minimum absolute atomic E-state index is 0.135. The monoisotopic (exact) mass is 300 g/mol. The predicted octanol–water partition coefficient (Wildman–Crippen LogP) is 3.33. The Morgan fingerprint density at radius 3 is 2.38 bits per heavy atom. The predicted molar refractivity (Wildman–Crippen MR) is 85.8 cm³/mol. The molecule has 0 amide bonds. The summed E-state index contributed by atoms with van der Waals surface area (Å²) in [6, 6.07) is 17.8. The molecule has 3 unspecified atom stereocenters. The highest BCUT2D eigenvalue weighted by atomic mass is 32.2. The zero-order valence-electron chi connectivity index (χ0n) is 12.3. The molecular formula is C18H20O2S. The normalized spacial score (nSPS) is 27.7. The van der Waals surface area contributed by atoms with E-state index >= 15 is 0 Å². The SMILES string of the molecule is CC1(C)CS(=O)c2ccccc2C(c2ccccc2)C1O. The van der Waals surface area contributed by atoms with Crippen LogP contribution < -0.4 is 0 Å². The van der Waals surface area contributed by atoms with Crippen molar-refractivity contribution in [3.05, 3.63) is 65.7 Å². The molecule has 0 aromatic heterocycles. The van der Waals surface area contributed by atoms with Gasteiger partial charge in [-0.15, -0.1) is 0 Å². The van der Waals surface area contributed by atoms with Crippen molar-refractivity contribution >= 4 is 10.8 Å². The van der Waals surface area contributed by atoms with E-state index in [1.165, 1.54) is 0 Å². The average Bonchev–Trinajstić information content (AvgIpc) is 2.55. The lowest BCUT2D eigenvalue weighted by atomic mass is 9.75.